The highest BCUT2D eigenvalue weighted by molar-refractivity contribution is 6.38. The van der Waals surface area contributed by atoms with Gasteiger partial charge in [-0.3, -0.25) is 19.2 Å². The number of nitrogens with one attached hydrogen (secondary N) is 4. The van der Waals surface area contributed by atoms with Gasteiger partial charge in [-0.2, -0.15) is 0 Å². The fraction of sp³-hybridized carbons (Fsp3) is 0.742. The Morgan fingerprint density at radius 1 is 0.864 bits per heavy atom. The standard InChI is InChI=1S/C31H53N5O8/c1-11-12-15-20(22(37)25(39)32-17-14-18-33-27(41)43-30(5,6)7)34-24(38)21-16-13-19-36(21)26(40)23(29(2,3)4)35-28(42)44-31(8,9)10/h11,20-21,23H,1,12-19H2,2-10H3,(H,32,39)(H,33,41)(H,34,38)(H,35,42)/t20?,21-,23+/m0/s1. The second-order valence-corrected chi connectivity index (χ2v) is 14.0. The number of alkyl carbamates (subject to hydrolysis) is 2. The molecule has 1 saturated heterocycles. The Labute approximate surface area is 261 Å². The predicted octanol–water partition coefficient (Wildman–Crippen LogP) is 2.97. The molecule has 250 valence electrons. The Bertz CT molecular complexity index is 1050. The van der Waals surface area contributed by atoms with Crippen LogP contribution >= 0.6 is 0 Å². The summed E-state index contributed by atoms with van der Waals surface area (Å²) in [5.74, 6) is -2.69. The number of ether oxygens (including phenoxy) is 2. The first-order valence-electron chi connectivity index (χ1n) is 15.2. The van der Waals surface area contributed by atoms with Gasteiger partial charge in [-0.1, -0.05) is 26.8 Å². The Morgan fingerprint density at radius 3 is 1.98 bits per heavy atom. The number of allylic oxidation sites excluding steroid dienone is 1. The van der Waals surface area contributed by atoms with Crippen molar-refractivity contribution in [2.45, 2.75) is 124 Å². The van der Waals surface area contributed by atoms with E-state index in [2.05, 4.69) is 27.8 Å². The van der Waals surface area contributed by atoms with Gasteiger partial charge >= 0.3 is 12.2 Å². The van der Waals surface area contributed by atoms with Gasteiger partial charge in [-0.05, 0) is 79.1 Å². The third kappa shape index (κ3) is 13.8. The molecule has 13 heteroatoms. The quantitative estimate of drug-likeness (QED) is 0.138. The van der Waals surface area contributed by atoms with Crippen molar-refractivity contribution in [2.75, 3.05) is 19.6 Å². The zero-order valence-electron chi connectivity index (χ0n) is 27.9. The third-order valence-corrected chi connectivity index (χ3v) is 6.44. The van der Waals surface area contributed by atoms with Crippen molar-refractivity contribution in [2.24, 2.45) is 5.41 Å². The van der Waals surface area contributed by atoms with Crippen LogP contribution in [-0.2, 0) is 28.7 Å². The van der Waals surface area contributed by atoms with Crippen molar-refractivity contribution < 1.29 is 38.2 Å². The molecule has 1 fully saturated rings. The number of carbonyl (C=O) groups is 6. The number of Topliss-reactive ketones (excluding diaryl/α,β-unsaturated/α-hetero) is 1. The van der Waals surface area contributed by atoms with E-state index in [1.54, 1.807) is 68.4 Å². The first-order valence-corrected chi connectivity index (χ1v) is 15.2. The number of amides is 5. The van der Waals surface area contributed by atoms with Crippen molar-refractivity contribution in [1.29, 1.82) is 0 Å². The van der Waals surface area contributed by atoms with Gasteiger partial charge in [0.1, 0.15) is 23.3 Å². The van der Waals surface area contributed by atoms with Crippen molar-refractivity contribution in [3.8, 4) is 0 Å². The van der Waals surface area contributed by atoms with Crippen LogP contribution in [0.3, 0.4) is 0 Å². The lowest BCUT2D eigenvalue weighted by atomic mass is 9.85. The highest BCUT2D eigenvalue weighted by Crippen LogP contribution is 2.26. The van der Waals surface area contributed by atoms with Crippen LogP contribution in [0.2, 0.25) is 0 Å². The van der Waals surface area contributed by atoms with Gasteiger partial charge in [0.25, 0.3) is 5.91 Å². The van der Waals surface area contributed by atoms with Gasteiger partial charge in [-0.25, -0.2) is 9.59 Å². The summed E-state index contributed by atoms with van der Waals surface area (Å²) in [5, 5.41) is 10.4. The number of rotatable bonds is 13. The Hall–Kier alpha value is -3.64. The van der Waals surface area contributed by atoms with Crippen LogP contribution in [0.25, 0.3) is 0 Å². The lowest BCUT2D eigenvalue weighted by Crippen LogP contribution is -2.59. The molecule has 0 radical (unpaired) electrons. The summed E-state index contributed by atoms with van der Waals surface area (Å²) in [6, 6.07) is -2.98. The average molecular weight is 624 g/mol. The lowest BCUT2D eigenvalue weighted by molar-refractivity contribution is -0.144. The summed E-state index contributed by atoms with van der Waals surface area (Å²) in [6.45, 7) is 20.1. The van der Waals surface area contributed by atoms with E-state index >= 15 is 0 Å². The molecule has 13 nitrogen and oxygen atoms in total. The molecule has 1 aliphatic heterocycles. The van der Waals surface area contributed by atoms with E-state index in [0.29, 0.717) is 32.2 Å². The van der Waals surface area contributed by atoms with Crippen LogP contribution in [0.15, 0.2) is 12.7 Å². The van der Waals surface area contributed by atoms with E-state index in [4.69, 9.17) is 9.47 Å². The monoisotopic (exact) mass is 623 g/mol. The molecule has 44 heavy (non-hydrogen) atoms. The van der Waals surface area contributed by atoms with E-state index in [-0.39, 0.29) is 19.5 Å². The molecule has 1 heterocycles. The minimum atomic E-state index is -1.13. The minimum absolute atomic E-state index is 0.117. The maximum absolute atomic E-state index is 13.7. The largest absolute Gasteiger partial charge is 0.444 e. The van der Waals surface area contributed by atoms with Crippen molar-refractivity contribution in [3.63, 3.8) is 0 Å². The molecular formula is C31H53N5O8. The molecule has 5 amide bonds. The number of ketones is 1. The minimum Gasteiger partial charge on any atom is -0.444 e. The summed E-state index contributed by atoms with van der Waals surface area (Å²) >= 11 is 0. The normalized spacial score (nSPS) is 16.7. The molecule has 3 atom stereocenters. The Balaban J connectivity index is 2.87. The third-order valence-electron chi connectivity index (χ3n) is 6.44. The summed E-state index contributed by atoms with van der Waals surface area (Å²) in [6.07, 6.45) is 2.03. The zero-order chi connectivity index (χ0) is 33.9. The van der Waals surface area contributed by atoms with Gasteiger partial charge in [0, 0.05) is 19.6 Å². The highest BCUT2D eigenvalue weighted by Gasteiger charge is 2.43. The Kier molecular flexibility index (Phi) is 14.3. The van der Waals surface area contributed by atoms with Gasteiger partial charge < -0.3 is 35.6 Å². The van der Waals surface area contributed by atoms with Gasteiger partial charge in [0.05, 0.1) is 6.04 Å². The van der Waals surface area contributed by atoms with Crippen LogP contribution < -0.4 is 21.3 Å². The van der Waals surface area contributed by atoms with E-state index < -0.39 is 70.4 Å². The van der Waals surface area contributed by atoms with Crippen LogP contribution in [0.4, 0.5) is 9.59 Å². The van der Waals surface area contributed by atoms with E-state index in [1.165, 1.54) is 4.90 Å². The average Bonchev–Trinajstić information content (AvgIpc) is 3.36. The first kappa shape index (κ1) is 38.4. The summed E-state index contributed by atoms with van der Waals surface area (Å²) < 4.78 is 10.5. The summed E-state index contributed by atoms with van der Waals surface area (Å²) in [5.41, 5.74) is -2.09. The predicted molar refractivity (Wildman–Crippen MR) is 166 cm³/mol. The molecule has 1 aliphatic rings. The maximum Gasteiger partial charge on any atom is 0.408 e. The molecule has 0 bridgehead atoms. The molecule has 0 aromatic heterocycles. The van der Waals surface area contributed by atoms with Gasteiger partial charge in [0.15, 0.2) is 0 Å². The fourth-order valence-electron chi connectivity index (χ4n) is 4.40. The van der Waals surface area contributed by atoms with Gasteiger partial charge in [0.2, 0.25) is 17.6 Å². The molecule has 0 aliphatic carbocycles. The molecular weight excluding hydrogens is 570 g/mol. The highest BCUT2D eigenvalue weighted by atomic mass is 16.6. The molecule has 0 aromatic carbocycles. The molecule has 1 rings (SSSR count). The molecule has 4 N–H and O–H groups in total. The number of carbonyl (C=O) groups excluding carboxylic acids is 6. The van der Waals surface area contributed by atoms with E-state index in [9.17, 15) is 28.8 Å². The number of nitrogens with zero attached hydrogens (tertiary/aromatic N) is 1. The second kappa shape index (κ2) is 16.4. The molecule has 0 saturated carbocycles. The first-order chi connectivity index (χ1) is 20.2. The SMILES string of the molecule is C=CCCC(NC(=O)[C@@H]1CCCN1C(=O)[C@@H](NC(=O)OC(C)(C)C)C(C)(C)C)C(=O)C(=O)NCCCNC(=O)OC(C)(C)C. The van der Waals surface area contributed by atoms with Crippen LogP contribution in [0, 0.1) is 5.41 Å². The maximum atomic E-state index is 13.7. The molecule has 1 unspecified atom stereocenters. The zero-order valence-corrected chi connectivity index (χ0v) is 27.9. The van der Waals surface area contributed by atoms with Crippen LogP contribution in [0.5, 0.6) is 0 Å². The van der Waals surface area contributed by atoms with Gasteiger partial charge in [-0.15, -0.1) is 6.58 Å². The van der Waals surface area contributed by atoms with Crippen molar-refractivity contribution in [3.05, 3.63) is 12.7 Å². The fourth-order valence-corrected chi connectivity index (χ4v) is 4.40. The number of hydrogen-bond acceptors (Lipinski definition) is 8. The molecule has 0 spiro atoms. The van der Waals surface area contributed by atoms with E-state index in [0.717, 1.165) is 0 Å². The van der Waals surface area contributed by atoms with Crippen LogP contribution in [0.1, 0.15) is 94.4 Å². The Morgan fingerprint density at radius 2 is 1.43 bits per heavy atom. The number of likely N-dealkylation sites (tertiary alicyclic amines) is 1. The van der Waals surface area contributed by atoms with E-state index in [1.807, 2.05) is 0 Å². The topological polar surface area (TPSA) is 172 Å². The molecule has 0 aromatic rings. The van der Waals surface area contributed by atoms with Crippen LogP contribution in [-0.4, -0.2) is 89.6 Å². The van der Waals surface area contributed by atoms with Crippen molar-refractivity contribution in [1.82, 2.24) is 26.2 Å². The lowest BCUT2D eigenvalue weighted by Gasteiger charge is -2.36. The summed E-state index contributed by atoms with van der Waals surface area (Å²) in [7, 11) is 0. The smallest absolute Gasteiger partial charge is 0.408 e. The number of hydrogen-bond donors (Lipinski definition) is 4. The second-order valence-electron chi connectivity index (χ2n) is 14.0. The summed E-state index contributed by atoms with van der Waals surface area (Å²) in [4.78, 5) is 78.5. The van der Waals surface area contributed by atoms with Crippen molar-refractivity contribution >= 4 is 35.7 Å².